The lowest BCUT2D eigenvalue weighted by molar-refractivity contribution is 0.102. The number of nitrogens with zero attached hydrogens (tertiary/aromatic N) is 2. The highest BCUT2D eigenvalue weighted by Gasteiger charge is 2.11. The van der Waals surface area contributed by atoms with Crippen molar-refractivity contribution in [3.05, 3.63) is 75.5 Å². The molecule has 3 rings (SSSR count). The van der Waals surface area contributed by atoms with Crippen molar-refractivity contribution in [2.75, 3.05) is 10.6 Å². The first-order chi connectivity index (χ1) is 12.4. The van der Waals surface area contributed by atoms with Crippen LogP contribution in [0.1, 0.15) is 21.7 Å². The van der Waals surface area contributed by atoms with Crippen LogP contribution in [-0.4, -0.2) is 15.9 Å². The third-order valence-corrected chi connectivity index (χ3v) is 4.31. The number of anilines is 3. The van der Waals surface area contributed by atoms with Crippen LogP contribution in [0.15, 0.2) is 48.5 Å². The average Bonchev–Trinajstić information content (AvgIpc) is 2.59. The molecule has 1 amide bonds. The number of aromatic nitrogens is 2. The highest BCUT2D eigenvalue weighted by molar-refractivity contribution is 6.42. The maximum absolute atomic E-state index is 12.5. The van der Waals surface area contributed by atoms with Crippen LogP contribution < -0.4 is 10.6 Å². The van der Waals surface area contributed by atoms with E-state index < -0.39 is 0 Å². The Morgan fingerprint density at radius 3 is 2.27 bits per heavy atom. The Hall–Kier alpha value is -2.63. The van der Waals surface area contributed by atoms with E-state index in [2.05, 4.69) is 20.6 Å². The number of halogens is 2. The van der Waals surface area contributed by atoms with E-state index in [0.717, 1.165) is 5.56 Å². The van der Waals surface area contributed by atoms with Crippen molar-refractivity contribution >= 4 is 46.4 Å². The van der Waals surface area contributed by atoms with Crippen molar-refractivity contribution in [3.8, 4) is 0 Å². The quantitative estimate of drug-likeness (QED) is 0.629. The van der Waals surface area contributed by atoms with E-state index in [-0.39, 0.29) is 11.6 Å². The molecule has 0 spiro atoms. The molecule has 0 aliphatic rings. The molecule has 0 unspecified atom stereocenters. The number of hydrogen-bond donors (Lipinski definition) is 2. The lowest BCUT2D eigenvalue weighted by Crippen LogP contribution is -2.15. The smallest absolute Gasteiger partial charge is 0.274 e. The molecule has 0 bridgehead atoms. The summed E-state index contributed by atoms with van der Waals surface area (Å²) in [7, 11) is 0. The number of aryl methyl sites for hydroxylation is 2. The highest BCUT2D eigenvalue weighted by atomic mass is 35.5. The van der Waals surface area contributed by atoms with Crippen molar-refractivity contribution in [2.24, 2.45) is 0 Å². The number of hydrogen-bond acceptors (Lipinski definition) is 4. The SMILES string of the molecule is Cc1ccc(NC(=O)c2cc(C)nc(Nc3ccc(Cl)c(Cl)c3)n2)cc1. The van der Waals surface area contributed by atoms with Gasteiger partial charge >= 0.3 is 0 Å². The van der Waals surface area contributed by atoms with Gasteiger partial charge in [-0.3, -0.25) is 4.79 Å². The van der Waals surface area contributed by atoms with E-state index in [4.69, 9.17) is 23.2 Å². The molecule has 7 heteroatoms. The first kappa shape index (κ1) is 18.2. The standard InChI is InChI=1S/C19H16Cl2N4O/c1-11-3-5-13(6-4-11)23-18(26)17-9-12(2)22-19(25-17)24-14-7-8-15(20)16(21)10-14/h3-10H,1-2H3,(H,23,26)(H,22,24,25). The van der Waals surface area contributed by atoms with Crippen LogP contribution in [0.3, 0.4) is 0 Å². The molecule has 0 atom stereocenters. The van der Waals surface area contributed by atoms with Crippen LogP contribution in [0.5, 0.6) is 0 Å². The summed E-state index contributed by atoms with van der Waals surface area (Å²) in [4.78, 5) is 21.1. The molecular formula is C19H16Cl2N4O. The summed E-state index contributed by atoms with van der Waals surface area (Å²) in [5.41, 5.74) is 3.43. The fraction of sp³-hybridized carbons (Fsp3) is 0.105. The average molecular weight is 387 g/mol. The number of carbonyl (C=O) groups excluding carboxylic acids is 1. The maximum atomic E-state index is 12.5. The molecule has 2 aromatic carbocycles. The van der Waals surface area contributed by atoms with Gasteiger partial charge in [-0.15, -0.1) is 0 Å². The Labute approximate surface area is 161 Å². The predicted molar refractivity (Wildman–Crippen MR) is 106 cm³/mol. The molecule has 3 aromatic rings. The second kappa shape index (κ2) is 7.72. The molecule has 1 heterocycles. The molecule has 0 fully saturated rings. The minimum atomic E-state index is -0.309. The third kappa shape index (κ3) is 4.50. The lowest BCUT2D eigenvalue weighted by atomic mass is 10.2. The molecule has 2 N–H and O–H groups in total. The molecule has 132 valence electrons. The van der Waals surface area contributed by atoms with E-state index >= 15 is 0 Å². The van der Waals surface area contributed by atoms with Gasteiger partial charge in [-0.2, -0.15) is 0 Å². The second-order valence-corrected chi connectivity index (χ2v) is 6.61. The van der Waals surface area contributed by atoms with Crippen LogP contribution >= 0.6 is 23.2 Å². The molecule has 5 nitrogen and oxygen atoms in total. The first-order valence-corrected chi connectivity index (χ1v) is 8.62. The van der Waals surface area contributed by atoms with Crippen LogP contribution in [0, 0.1) is 13.8 Å². The summed E-state index contributed by atoms with van der Waals surface area (Å²) in [6, 6.07) is 14.3. The van der Waals surface area contributed by atoms with Crippen LogP contribution in [-0.2, 0) is 0 Å². The Morgan fingerprint density at radius 2 is 1.58 bits per heavy atom. The largest absolute Gasteiger partial charge is 0.324 e. The summed E-state index contributed by atoms with van der Waals surface area (Å²) < 4.78 is 0. The minimum absolute atomic E-state index is 0.264. The molecule has 0 saturated heterocycles. The fourth-order valence-corrected chi connectivity index (χ4v) is 2.57. The van der Waals surface area contributed by atoms with Gasteiger partial charge in [0.1, 0.15) is 5.69 Å². The minimum Gasteiger partial charge on any atom is -0.324 e. The molecule has 0 radical (unpaired) electrons. The van der Waals surface area contributed by atoms with Crippen LogP contribution in [0.2, 0.25) is 10.0 Å². The van der Waals surface area contributed by atoms with Gasteiger partial charge in [0.25, 0.3) is 5.91 Å². The number of amides is 1. The van der Waals surface area contributed by atoms with Gasteiger partial charge in [0, 0.05) is 17.1 Å². The van der Waals surface area contributed by atoms with Crippen molar-refractivity contribution < 1.29 is 4.79 Å². The van der Waals surface area contributed by atoms with Gasteiger partial charge in [0.2, 0.25) is 5.95 Å². The van der Waals surface area contributed by atoms with Gasteiger partial charge < -0.3 is 10.6 Å². The van der Waals surface area contributed by atoms with Crippen LogP contribution in [0.4, 0.5) is 17.3 Å². The number of benzene rings is 2. The predicted octanol–water partition coefficient (Wildman–Crippen LogP) is 5.40. The van der Waals surface area contributed by atoms with Gasteiger partial charge in [0.15, 0.2) is 0 Å². The molecule has 26 heavy (non-hydrogen) atoms. The maximum Gasteiger partial charge on any atom is 0.274 e. The first-order valence-electron chi connectivity index (χ1n) is 7.86. The summed E-state index contributed by atoms with van der Waals surface area (Å²) in [5, 5.41) is 6.74. The zero-order valence-electron chi connectivity index (χ0n) is 14.2. The van der Waals surface area contributed by atoms with E-state index in [9.17, 15) is 4.79 Å². The van der Waals surface area contributed by atoms with E-state index in [1.165, 1.54) is 0 Å². The second-order valence-electron chi connectivity index (χ2n) is 5.79. The molecule has 0 aliphatic heterocycles. The van der Waals surface area contributed by atoms with Crippen molar-refractivity contribution in [3.63, 3.8) is 0 Å². The fourth-order valence-electron chi connectivity index (χ4n) is 2.28. The van der Waals surface area contributed by atoms with Crippen molar-refractivity contribution in [1.29, 1.82) is 0 Å². The van der Waals surface area contributed by atoms with Gasteiger partial charge in [0.05, 0.1) is 10.0 Å². The summed E-state index contributed by atoms with van der Waals surface area (Å²) in [6.07, 6.45) is 0. The Balaban J connectivity index is 1.81. The molecule has 0 aliphatic carbocycles. The molecule has 0 saturated carbocycles. The normalized spacial score (nSPS) is 10.5. The van der Waals surface area contributed by atoms with Gasteiger partial charge in [-0.1, -0.05) is 40.9 Å². The molecular weight excluding hydrogens is 371 g/mol. The summed E-state index contributed by atoms with van der Waals surface area (Å²) in [5.74, 6) is -0.00557. The lowest BCUT2D eigenvalue weighted by Gasteiger charge is -2.09. The highest BCUT2D eigenvalue weighted by Crippen LogP contribution is 2.26. The van der Waals surface area contributed by atoms with E-state index in [1.807, 2.05) is 31.2 Å². The summed E-state index contributed by atoms with van der Waals surface area (Å²) in [6.45, 7) is 3.78. The topological polar surface area (TPSA) is 66.9 Å². The van der Waals surface area contributed by atoms with E-state index in [1.54, 1.807) is 31.2 Å². The monoisotopic (exact) mass is 386 g/mol. The van der Waals surface area contributed by atoms with Crippen molar-refractivity contribution in [2.45, 2.75) is 13.8 Å². The Morgan fingerprint density at radius 1 is 0.885 bits per heavy atom. The third-order valence-electron chi connectivity index (χ3n) is 3.57. The summed E-state index contributed by atoms with van der Waals surface area (Å²) >= 11 is 11.9. The molecule has 1 aromatic heterocycles. The Kier molecular flexibility index (Phi) is 5.40. The Bertz CT molecular complexity index is 958. The van der Waals surface area contributed by atoms with Gasteiger partial charge in [-0.25, -0.2) is 9.97 Å². The zero-order chi connectivity index (χ0) is 18.7. The number of nitrogens with one attached hydrogen (secondary N) is 2. The number of carbonyl (C=O) groups is 1. The number of rotatable bonds is 4. The van der Waals surface area contributed by atoms with Crippen molar-refractivity contribution in [1.82, 2.24) is 9.97 Å². The van der Waals surface area contributed by atoms with Crippen LogP contribution in [0.25, 0.3) is 0 Å². The van der Waals surface area contributed by atoms with E-state index in [0.29, 0.717) is 33.1 Å². The zero-order valence-corrected chi connectivity index (χ0v) is 15.7. The van der Waals surface area contributed by atoms with Gasteiger partial charge in [-0.05, 0) is 50.2 Å².